The smallest absolute Gasteiger partial charge is 0.290 e. The molecule has 0 bridgehead atoms. The summed E-state index contributed by atoms with van der Waals surface area (Å²) < 4.78 is 5.31. The fourth-order valence-corrected chi connectivity index (χ4v) is 3.20. The van der Waals surface area contributed by atoms with E-state index in [9.17, 15) is 9.90 Å². The maximum Gasteiger partial charge on any atom is 0.290 e. The number of β-amino-alcohol motifs (C(OH)–C–C–N with tert-alkyl or cyclic N) is 1. The molecule has 2 N–H and O–H groups in total. The lowest BCUT2D eigenvalue weighted by Crippen LogP contribution is -2.30. The average molecular weight is 372 g/mol. The molecule has 3 rings (SSSR count). The molecule has 1 aliphatic rings. The van der Waals surface area contributed by atoms with Gasteiger partial charge in [0.15, 0.2) is 0 Å². The number of carbonyl (C=O) groups excluding carboxylic acids is 1. The minimum atomic E-state index is -0.516. The molecule has 7 nitrogen and oxygen atoms in total. The molecule has 0 saturated carbocycles. The summed E-state index contributed by atoms with van der Waals surface area (Å²) >= 11 is 0. The molecule has 1 saturated heterocycles. The van der Waals surface area contributed by atoms with Gasteiger partial charge in [0.05, 0.1) is 18.8 Å². The number of carboxylic acid groups (broad SMARTS) is 1. The normalized spacial score (nSPS) is 18.4. The van der Waals surface area contributed by atoms with Crippen LogP contribution in [0.15, 0.2) is 42.7 Å². The third-order valence-electron chi connectivity index (χ3n) is 4.53. The van der Waals surface area contributed by atoms with Crippen LogP contribution in [0.5, 0.6) is 5.75 Å². The molecule has 0 aliphatic carbocycles. The number of amides is 1. The minimum Gasteiger partial charge on any atom is -0.496 e. The number of nitrogens with zero attached hydrogens (tertiary/aromatic N) is 2. The molecule has 144 valence electrons. The van der Waals surface area contributed by atoms with E-state index in [4.69, 9.17) is 14.6 Å². The summed E-state index contributed by atoms with van der Waals surface area (Å²) in [5, 5.41) is 17.2. The number of benzene rings is 1. The van der Waals surface area contributed by atoms with Gasteiger partial charge in [-0.25, -0.2) is 0 Å². The van der Waals surface area contributed by atoms with Gasteiger partial charge in [-0.05, 0) is 43.2 Å². The van der Waals surface area contributed by atoms with Crippen LogP contribution < -0.4 is 4.74 Å². The second-order valence-corrected chi connectivity index (χ2v) is 6.41. The summed E-state index contributed by atoms with van der Waals surface area (Å²) in [7, 11) is 1.56. The second kappa shape index (κ2) is 9.68. The Balaban J connectivity index is 0.000000817. The molecule has 1 aromatic carbocycles. The summed E-state index contributed by atoms with van der Waals surface area (Å²) in [4.78, 5) is 26.9. The number of rotatable bonds is 4. The lowest BCUT2D eigenvalue weighted by atomic mass is 9.97. The molecule has 1 aromatic heterocycles. The van der Waals surface area contributed by atoms with Gasteiger partial charge in [0.1, 0.15) is 5.75 Å². The van der Waals surface area contributed by atoms with Crippen molar-refractivity contribution >= 4 is 12.4 Å². The fraction of sp³-hybridized carbons (Fsp3) is 0.350. The van der Waals surface area contributed by atoms with Crippen molar-refractivity contribution in [3.63, 3.8) is 0 Å². The van der Waals surface area contributed by atoms with E-state index in [-0.39, 0.29) is 18.3 Å². The quantitative estimate of drug-likeness (QED) is 0.794. The monoisotopic (exact) mass is 372 g/mol. The molecule has 0 spiro atoms. The summed E-state index contributed by atoms with van der Waals surface area (Å²) in [5.74, 6) is 0.511. The van der Waals surface area contributed by atoms with Crippen molar-refractivity contribution in [2.24, 2.45) is 5.92 Å². The van der Waals surface area contributed by atoms with Crippen LogP contribution in [-0.4, -0.2) is 58.8 Å². The Morgan fingerprint density at radius 3 is 2.59 bits per heavy atom. The van der Waals surface area contributed by atoms with Crippen LogP contribution in [0.3, 0.4) is 0 Å². The van der Waals surface area contributed by atoms with E-state index < -0.39 is 6.10 Å². The molecular formula is C20H24N2O5. The number of methoxy groups -OCH3 is 1. The van der Waals surface area contributed by atoms with Gasteiger partial charge < -0.3 is 19.8 Å². The lowest BCUT2D eigenvalue weighted by Gasteiger charge is -2.18. The van der Waals surface area contributed by atoms with Gasteiger partial charge in [0.2, 0.25) is 0 Å². The van der Waals surface area contributed by atoms with Crippen molar-refractivity contribution in [1.82, 2.24) is 9.88 Å². The molecule has 1 fully saturated rings. The maximum absolute atomic E-state index is 12.8. The predicted octanol–water partition coefficient (Wildman–Crippen LogP) is 1.78. The van der Waals surface area contributed by atoms with Crippen LogP contribution in [0.4, 0.5) is 0 Å². The molecule has 2 aromatic rings. The number of aromatic nitrogens is 1. The number of likely N-dealkylation sites (tertiary alicyclic amines) is 1. The highest BCUT2D eigenvalue weighted by molar-refractivity contribution is 5.97. The van der Waals surface area contributed by atoms with E-state index >= 15 is 0 Å². The summed E-state index contributed by atoms with van der Waals surface area (Å²) in [6.07, 6.45) is 3.71. The summed E-state index contributed by atoms with van der Waals surface area (Å²) in [6.45, 7) is 2.59. The molecule has 27 heavy (non-hydrogen) atoms. The number of aliphatic hydroxyl groups is 1. The van der Waals surface area contributed by atoms with Crippen molar-refractivity contribution in [2.45, 2.75) is 19.4 Å². The Kier molecular flexibility index (Phi) is 7.31. The van der Waals surface area contributed by atoms with Gasteiger partial charge >= 0.3 is 0 Å². The zero-order chi connectivity index (χ0) is 19.8. The average Bonchev–Trinajstić information content (AvgIpc) is 3.03. The van der Waals surface area contributed by atoms with E-state index in [1.165, 1.54) is 0 Å². The maximum atomic E-state index is 12.8. The first-order valence-electron chi connectivity index (χ1n) is 8.58. The van der Waals surface area contributed by atoms with Crippen LogP contribution in [-0.2, 0) is 11.2 Å². The molecule has 7 heteroatoms. The highest BCUT2D eigenvalue weighted by Crippen LogP contribution is 2.26. The van der Waals surface area contributed by atoms with Crippen LogP contribution in [0.2, 0.25) is 0 Å². The number of aliphatic hydroxyl groups excluding tert-OH is 1. The first kappa shape index (κ1) is 20.4. The van der Waals surface area contributed by atoms with Gasteiger partial charge in [-0.15, -0.1) is 0 Å². The number of pyridine rings is 1. The number of hydrogen-bond acceptors (Lipinski definition) is 5. The standard InChI is InChI=1S/C19H22N2O3.CH2O2/c1-13-3-4-18(24-2)16(9-13)19(23)21-11-15(17(22)12-21)10-14-5-7-20-8-6-14;2-1-3/h3-9,15,17,22H,10-12H2,1-2H3;1H,(H,2,3)/t15-,17+;/m1./s1. The van der Waals surface area contributed by atoms with Crippen molar-refractivity contribution in [3.8, 4) is 5.75 Å². The Hall–Kier alpha value is -2.93. The molecule has 1 aliphatic heterocycles. The Morgan fingerprint density at radius 1 is 1.30 bits per heavy atom. The van der Waals surface area contributed by atoms with Crippen molar-refractivity contribution in [2.75, 3.05) is 20.2 Å². The zero-order valence-electron chi connectivity index (χ0n) is 15.4. The van der Waals surface area contributed by atoms with Gasteiger partial charge in [-0.2, -0.15) is 0 Å². The zero-order valence-corrected chi connectivity index (χ0v) is 15.4. The summed E-state index contributed by atoms with van der Waals surface area (Å²) in [6, 6.07) is 9.45. The third kappa shape index (κ3) is 5.27. The van der Waals surface area contributed by atoms with E-state index in [1.807, 2.05) is 37.3 Å². The van der Waals surface area contributed by atoms with E-state index in [2.05, 4.69) is 4.98 Å². The van der Waals surface area contributed by atoms with Crippen LogP contribution >= 0.6 is 0 Å². The third-order valence-corrected chi connectivity index (χ3v) is 4.53. The lowest BCUT2D eigenvalue weighted by molar-refractivity contribution is -0.122. The van der Waals surface area contributed by atoms with Crippen LogP contribution in [0.25, 0.3) is 0 Å². The number of carbonyl (C=O) groups is 2. The minimum absolute atomic E-state index is 0.0344. The fourth-order valence-electron chi connectivity index (χ4n) is 3.20. The molecule has 1 amide bonds. The van der Waals surface area contributed by atoms with Crippen molar-refractivity contribution in [1.29, 1.82) is 0 Å². The SMILES string of the molecule is COc1ccc(C)cc1C(=O)N1C[C@@H](Cc2ccncc2)[C@@H](O)C1.O=CO. The van der Waals surface area contributed by atoms with Crippen LogP contribution in [0, 0.1) is 12.8 Å². The van der Waals surface area contributed by atoms with Crippen LogP contribution in [0.1, 0.15) is 21.5 Å². The highest BCUT2D eigenvalue weighted by Gasteiger charge is 2.35. The molecule has 0 unspecified atom stereocenters. The van der Waals surface area contributed by atoms with E-state index in [0.717, 1.165) is 17.5 Å². The van der Waals surface area contributed by atoms with E-state index in [0.29, 0.717) is 24.4 Å². The van der Waals surface area contributed by atoms with Gasteiger partial charge in [-0.3, -0.25) is 14.6 Å². The van der Waals surface area contributed by atoms with Crippen molar-refractivity contribution < 1.29 is 24.5 Å². The van der Waals surface area contributed by atoms with Gasteiger partial charge in [0, 0.05) is 31.4 Å². The first-order valence-corrected chi connectivity index (χ1v) is 8.58. The second-order valence-electron chi connectivity index (χ2n) is 6.41. The number of ether oxygens (including phenoxy) is 1. The predicted molar refractivity (Wildman–Crippen MR) is 99.8 cm³/mol. The molecule has 0 radical (unpaired) electrons. The topological polar surface area (TPSA) is 100.0 Å². The Morgan fingerprint density at radius 2 is 1.96 bits per heavy atom. The van der Waals surface area contributed by atoms with Crippen molar-refractivity contribution in [3.05, 3.63) is 59.4 Å². The number of aryl methyl sites for hydroxylation is 1. The highest BCUT2D eigenvalue weighted by atomic mass is 16.5. The molecular weight excluding hydrogens is 348 g/mol. The molecule has 2 atom stereocenters. The largest absolute Gasteiger partial charge is 0.496 e. The Bertz CT molecular complexity index is 766. The van der Waals surface area contributed by atoms with Gasteiger partial charge in [0.25, 0.3) is 12.4 Å². The van der Waals surface area contributed by atoms with E-state index in [1.54, 1.807) is 24.4 Å². The Labute approximate surface area is 158 Å². The summed E-state index contributed by atoms with van der Waals surface area (Å²) in [5.41, 5.74) is 2.68. The first-order chi connectivity index (χ1) is 13.0. The molecule has 2 heterocycles. The van der Waals surface area contributed by atoms with Gasteiger partial charge in [-0.1, -0.05) is 11.6 Å². The number of hydrogen-bond donors (Lipinski definition) is 2.